The number of piperidine rings is 1. The molecule has 1 aliphatic heterocycles. The lowest BCUT2D eigenvalue weighted by Crippen LogP contribution is -2.50. The Morgan fingerprint density at radius 3 is 2.18 bits per heavy atom. The number of amides is 1. The summed E-state index contributed by atoms with van der Waals surface area (Å²) in [7, 11) is 0. The third-order valence-corrected chi connectivity index (χ3v) is 3.17. The standard InChI is InChI=1S/C12H21NO2.C2H6/c1-8(2)12(15)11-7-9(3)5-6-13(11)10(4)14;1-2/h8-9,11H,5-7H2,1-4H3;1-2H3. The van der Waals surface area contributed by atoms with E-state index in [1.54, 1.807) is 11.8 Å². The highest BCUT2D eigenvalue weighted by Gasteiger charge is 2.33. The molecule has 0 aromatic rings. The lowest BCUT2D eigenvalue weighted by atomic mass is 9.87. The van der Waals surface area contributed by atoms with Gasteiger partial charge in [-0.2, -0.15) is 0 Å². The molecule has 1 heterocycles. The van der Waals surface area contributed by atoms with Gasteiger partial charge in [0.05, 0.1) is 6.04 Å². The monoisotopic (exact) mass is 241 g/mol. The van der Waals surface area contributed by atoms with Gasteiger partial charge < -0.3 is 4.90 Å². The number of hydrogen-bond donors (Lipinski definition) is 0. The highest BCUT2D eigenvalue weighted by Crippen LogP contribution is 2.24. The summed E-state index contributed by atoms with van der Waals surface area (Å²) in [4.78, 5) is 25.1. The zero-order valence-electron chi connectivity index (χ0n) is 12.1. The van der Waals surface area contributed by atoms with Crippen LogP contribution in [0, 0.1) is 11.8 Å². The average Bonchev–Trinajstić information content (AvgIpc) is 2.30. The fourth-order valence-corrected chi connectivity index (χ4v) is 2.17. The van der Waals surface area contributed by atoms with Gasteiger partial charge in [0, 0.05) is 19.4 Å². The average molecular weight is 241 g/mol. The second kappa shape index (κ2) is 7.46. The van der Waals surface area contributed by atoms with Crippen molar-refractivity contribution in [1.82, 2.24) is 4.90 Å². The van der Waals surface area contributed by atoms with Crippen molar-refractivity contribution < 1.29 is 9.59 Å². The molecule has 0 aromatic heterocycles. The predicted octanol–water partition coefficient (Wildman–Crippen LogP) is 2.88. The molecule has 0 N–H and O–H groups in total. The lowest BCUT2D eigenvalue weighted by Gasteiger charge is -2.37. The molecule has 100 valence electrons. The largest absolute Gasteiger partial charge is 0.333 e. The maximum atomic E-state index is 12.0. The fraction of sp³-hybridized carbons (Fsp3) is 0.857. The second-order valence-electron chi connectivity index (χ2n) is 4.91. The fourth-order valence-electron chi connectivity index (χ4n) is 2.17. The molecule has 3 nitrogen and oxygen atoms in total. The van der Waals surface area contributed by atoms with Gasteiger partial charge in [0.15, 0.2) is 5.78 Å². The first-order chi connectivity index (χ1) is 7.93. The molecule has 1 fully saturated rings. The smallest absolute Gasteiger partial charge is 0.220 e. The highest BCUT2D eigenvalue weighted by molar-refractivity contribution is 5.89. The molecule has 3 heteroatoms. The van der Waals surface area contributed by atoms with Gasteiger partial charge in [-0.15, -0.1) is 0 Å². The first-order valence-corrected chi connectivity index (χ1v) is 6.74. The summed E-state index contributed by atoms with van der Waals surface area (Å²) in [6, 6.07) is -0.175. The van der Waals surface area contributed by atoms with Crippen molar-refractivity contribution in [2.45, 2.75) is 60.4 Å². The minimum Gasteiger partial charge on any atom is -0.333 e. The second-order valence-corrected chi connectivity index (χ2v) is 4.91. The number of carbonyl (C=O) groups is 2. The Hall–Kier alpha value is -0.860. The van der Waals surface area contributed by atoms with E-state index >= 15 is 0 Å². The first kappa shape index (κ1) is 16.1. The molecular weight excluding hydrogens is 214 g/mol. The predicted molar refractivity (Wildman–Crippen MR) is 70.8 cm³/mol. The van der Waals surface area contributed by atoms with E-state index in [2.05, 4.69) is 6.92 Å². The number of hydrogen-bond acceptors (Lipinski definition) is 2. The van der Waals surface area contributed by atoms with Gasteiger partial charge in [0.2, 0.25) is 5.91 Å². The Morgan fingerprint density at radius 1 is 1.24 bits per heavy atom. The van der Waals surface area contributed by atoms with Gasteiger partial charge in [-0.05, 0) is 18.8 Å². The van der Waals surface area contributed by atoms with Gasteiger partial charge in [-0.25, -0.2) is 0 Å². The van der Waals surface area contributed by atoms with Crippen LogP contribution in [0.15, 0.2) is 0 Å². The summed E-state index contributed by atoms with van der Waals surface area (Å²) in [5, 5.41) is 0. The van der Waals surface area contributed by atoms with Crippen LogP contribution in [-0.4, -0.2) is 29.2 Å². The van der Waals surface area contributed by atoms with Crippen molar-refractivity contribution in [3.8, 4) is 0 Å². The number of nitrogens with zero attached hydrogens (tertiary/aromatic N) is 1. The Labute approximate surface area is 106 Å². The van der Waals surface area contributed by atoms with E-state index in [9.17, 15) is 9.59 Å². The maximum absolute atomic E-state index is 12.0. The molecule has 0 bridgehead atoms. The third kappa shape index (κ3) is 4.49. The van der Waals surface area contributed by atoms with E-state index in [1.807, 2.05) is 27.7 Å². The van der Waals surface area contributed by atoms with Crippen LogP contribution in [0.4, 0.5) is 0 Å². The molecule has 1 amide bonds. The van der Waals surface area contributed by atoms with Crippen molar-refractivity contribution in [2.24, 2.45) is 11.8 Å². The van der Waals surface area contributed by atoms with E-state index in [0.717, 1.165) is 19.4 Å². The third-order valence-electron chi connectivity index (χ3n) is 3.17. The molecule has 1 aliphatic rings. The molecule has 2 unspecified atom stereocenters. The molecule has 0 saturated carbocycles. The number of Topliss-reactive ketones (excluding diaryl/α,β-unsaturated/α-hetero) is 1. The number of likely N-dealkylation sites (tertiary alicyclic amines) is 1. The number of rotatable bonds is 2. The summed E-state index contributed by atoms with van der Waals surface area (Å²) in [6.45, 7) is 12.2. The van der Waals surface area contributed by atoms with E-state index in [1.165, 1.54) is 0 Å². The summed E-state index contributed by atoms with van der Waals surface area (Å²) >= 11 is 0. The molecule has 0 aromatic carbocycles. The zero-order valence-corrected chi connectivity index (χ0v) is 12.1. The number of carbonyl (C=O) groups excluding carboxylic acids is 2. The molecule has 0 spiro atoms. The van der Waals surface area contributed by atoms with Crippen molar-refractivity contribution in [2.75, 3.05) is 6.54 Å². The minimum atomic E-state index is -0.175. The van der Waals surface area contributed by atoms with E-state index in [4.69, 9.17) is 0 Å². The first-order valence-electron chi connectivity index (χ1n) is 6.74. The number of ketones is 1. The summed E-state index contributed by atoms with van der Waals surface area (Å²) in [5.74, 6) is 0.799. The Morgan fingerprint density at radius 2 is 1.76 bits per heavy atom. The van der Waals surface area contributed by atoms with Crippen molar-refractivity contribution >= 4 is 11.7 Å². The highest BCUT2D eigenvalue weighted by atomic mass is 16.2. The minimum absolute atomic E-state index is 0.0159. The van der Waals surface area contributed by atoms with Crippen molar-refractivity contribution in [3.63, 3.8) is 0 Å². The molecule has 17 heavy (non-hydrogen) atoms. The van der Waals surface area contributed by atoms with Crippen LogP contribution in [0.2, 0.25) is 0 Å². The lowest BCUT2D eigenvalue weighted by molar-refractivity contribution is -0.142. The van der Waals surface area contributed by atoms with Crippen LogP contribution in [0.1, 0.15) is 54.4 Å². The molecule has 0 aliphatic carbocycles. The van der Waals surface area contributed by atoms with Crippen LogP contribution in [-0.2, 0) is 9.59 Å². The zero-order chi connectivity index (χ0) is 13.6. The summed E-state index contributed by atoms with van der Waals surface area (Å²) in [5.41, 5.74) is 0. The molecular formula is C14H27NO2. The van der Waals surface area contributed by atoms with E-state index < -0.39 is 0 Å². The van der Waals surface area contributed by atoms with Crippen LogP contribution in [0.3, 0.4) is 0 Å². The van der Waals surface area contributed by atoms with Gasteiger partial charge in [-0.1, -0.05) is 34.6 Å². The Kier molecular flexibility index (Phi) is 7.09. The summed E-state index contributed by atoms with van der Waals surface area (Å²) < 4.78 is 0. The van der Waals surface area contributed by atoms with Crippen LogP contribution in [0.5, 0.6) is 0 Å². The molecule has 1 rings (SSSR count). The van der Waals surface area contributed by atoms with Gasteiger partial charge in [0.1, 0.15) is 0 Å². The molecule has 1 saturated heterocycles. The van der Waals surface area contributed by atoms with Gasteiger partial charge >= 0.3 is 0 Å². The summed E-state index contributed by atoms with van der Waals surface area (Å²) in [6.07, 6.45) is 1.85. The Balaban J connectivity index is 0.00000121. The SMILES string of the molecule is CC.CC(=O)N1CCC(C)CC1C(=O)C(C)C. The van der Waals surface area contributed by atoms with Crippen LogP contribution < -0.4 is 0 Å². The Bertz CT molecular complexity index is 261. The van der Waals surface area contributed by atoms with E-state index in [-0.39, 0.29) is 23.7 Å². The van der Waals surface area contributed by atoms with Crippen LogP contribution >= 0.6 is 0 Å². The topological polar surface area (TPSA) is 37.4 Å². The van der Waals surface area contributed by atoms with E-state index in [0.29, 0.717) is 5.92 Å². The van der Waals surface area contributed by atoms with Crippen molar-refractivity contribution in [1.29, 1.82) is 0 Å². The van der Waals surface area contributed by atoms with Gasteiger partial charge in [-0.3, -0.25) is 9.59 Å². The normalized spacial score (nSPS) is 24.1. The molecule has 0 radical (unpaired) electrons. The quantitative estimate of drug-likeness (QED) is 0.745. The van der Waals surface area contributed by atoms with Crippen molar-refractivity contribution in [3.05, 3.63) is 0 Å². The maximum Gasteiger partial charge on any atom is 0.220 e. The van der Waals surface area contributed by atoms with Gasteiger partial charge in [0.25, 0.3) is 0 Å². The molecule has 2 atom stereocenters. The van der Waals surface area contributed by atoms with Crippen LogP contribution in [0.25, 0.3) is 0 Å².